The Morgan fingerprint density at radius 3 is 1.13 bits per heavy atom. The Morgan fingerprint density at radius 2 is 0.780 bits per heavy atom. The first-order chi connectivity index (χ1) is 66.2. The lowest BCUT2D eigenvalue weighted by molar-refractivity contribution is -0.832. The number of nitrogens with one attached hydrogen (secondary N) is 3. The number of hydrogen-bond donors (Lipinski definition) is 3. The summed E-state index contributed by atoms with van der Waals surface area (Å²) in [4.78, 5) is 131. The summed E-state index contributed by atoms with van der Waals surface area (Å²) in [5.74, 6) is 2.78. The number of amides is 4. The maximum atomic E-state index is 12.4. The highest BCUT2D eigenvalue weighted by atomic mass is 79.9. The van der Waals surface area contributed by atoms with E-state index < -0.39 is 16.8 Å². The minimum Gasteiger partial charge on any atom is -1.00 e. The second-order valence-electron chi connectivity index (χ2n) is 37.9. The number of aromatic nitrogens is 10. The first-order valence-corrected chi connectivity index (χ1v) is 47.9. The fourth-order valence-corrected chi connectivity index (χ4v) is 15.8. The van der Waals surface area contributed by atoms with Crippen LogP contribution in [0.25, 0.3) is 50.5 Å². The molecule has 4 amide bonds. The molecular weight excluding hydrogens is 1950 g/mol. The van der Waals surface area contributed by atoms with Crippen molar-refractivity contribution in [3.8, 4) is 34.9 Å². The predicted molar refractivity (Wildman–Crippen MR) is 550 cm³/mol. The van der Waals surface area contributed by atoms with Gasteiger partial charge in [-0.25, -0.2) is 38.5 Å². The number of hydrogen-bond acceptors (Lipinski definition) is 23. The first kappa shape index (κ1) is 112. The van der Waals surface area contributed by atoms with Crippen LogP contribution in [0.15, 0.2) is 214 Å². The van der Waals surface area contributed by atoms with Crippen LogP contribution in [-0.4, -0.2) is 291 Å². The second-order valence-corrected chi connectivity index (χ2v) is 38.4. The van der Waals surface area contributed by atoms with Crippen molar-refractivity contribution in [2.24, 2.45) is 0 Å². The minimum atomic E-state index is -0.503. The normalized spacial score (nSPS) is 15.4. The molecule has 37 heteroatoms. The van der Waals surface area contributed by atoms with Crippen LogP contribution in [0.3, 0.4) is 0 Å². The number of rotatable bonds is 11. The number of piperazine rings is 5. The molecule has 0 radical (unpaired) electrons. The van der Waals surface area contributed by atoms with Crippen LogP contribution in [0.4, 0.5) is 40.6 Å². The summed E-state index contributed by atoms with van der Waals surface area (Å²) in [5.41, 5.74) is 13.7. The highest BCUT2D eigenvalue weighted by Crippen LogP contribution is 2.35. The van der Waals surface area contributed by atoms with Gasteiger partial charge in [-0.3, -0.25) is 47.2 Å². The molecule has 141 heavy (non-hydrogen) atoms. The summed E-state index contributed by atoms with van der Waals surface area (Å²) >= 11 is 2.96. The van der Waals surface area contributed by atoms with E-state index in [9.17, 15) is 42.7 Å². The molecule has 5 fully saturated rings. The molecule has 12 aromatic heterocycles. The molecule has 0 bridgehead atoms. The summed E-state index contributed by atoms with van der Waals surface area (Å²) in [6.07, 6.45) is 32.1. The van der Waals surface area contributed by atoms with Crippen LogP contribution in [0.2, 0.25) is 0 Å². The van der Waals surface area contributed by atoms with Crippen LogP contribution in [0.5, 0.6) is 0 Å². The van der Waals surface area contributed by atoms with Gasteiger partial charge < -0.3 is 94.6 Å². The lowest BCUT2D eigenvalue weighted by atomic mass is 10.1. The summed E-state index contributed by atoms with van der Waals surface area (Å²) in [6.45, 7) is 46.1. The van der Waals surface area contributed by atoms with Gasteiger partial charge in [0.05, 0.1) is 51.0 Å². The molecule has 0 spiro atoms. The molecule has 18 heterocycles. The van der Waals surface area contributed by atoms with E-state index in [1.165, 1.54) is 42.8 Å². The molecular formula is C104H133Br2ClFN21O12. The number of fused-ring (bicyclic) bond motifs is 5. The van der Waals surface area contributed by atoms with Crippen molar-refractivity contribution in [3.05, 3.63) is 237 Å². The van der Waals surface area contributed by atoms with E-state index in [1.807, 2.05) is 211 Å². The fraction of sp³-hybridized carbons (Fsp3) is 0.413. The summed E-state index contributed by atoms with van der Waals surface area (Å²) in [6, 6.07) is 36.8. The number of imidazole rings is 3. The van der Waals surface area contributed by atoms with Crippen molar-refractivity contribution < 1.29 is 83.6 Å². The number of nitrogens with zero attached hydrogens (tertiary/aromatic N) is 18. The lowest BCUT2D eigenvalue weighted by Crippen LogP contribution is -3.08. The largest absolute Gasteiger partial charge is 1.00 e. The Labute approximate surface area is 849 Å². The zero-order valence-corrected chi connectivity index (χ0v) is 87.5. The van der Waals surface area contributed by atoms with Crippen LogP contribution < -0.4 is 47.2 Å². The standard InChI is InChI=1S/C26H29N5O3.C21H21N5O.C17H27N3O3.C14H21N3O2.C9H18N2O2.C9H6N2.C5H4FN.C3H5BrO.BrH.ClH/c1-18(32)22-17-20(21-6-5-7-24-27-9-11-31(21)24)23-16-19(8-10-30(22)23)28-12-14-29(15-13-28)25(33)34-26(2,3)4;1-15(27)19-14-17(18-3-2-4-21-23-8-12-26(18)21)20-13-16(5-9-25(19)20)24-10-6-22-7-11-24;1-14(21)13-18-7-5-15(6-8-18)19-9-11-20(12-10-19)16(22)23-17(2,3)4;1-14(2,3)19-13(18)17-10-8-16(9-11-17)12-4-6-15-7-5-12;1-9(2,3)13-8(12)11-6-4-10-5-7-11;1-2-8-4-3-5-9-10-6-7-11(8)9;6-5-1-3-7-4-2-5;1-3(5)2-4;;/h5-11,16-17H,12-15H2,1-4H3;2-5,8-9,12-14,22H,6-7,10-11H2,1H3;5-7H,8-13H2,1-4H3;4-7H,8-11H2,1-3H3;10H,4-7H2,1-3H3;1,3-7H;1-4H;2H2,1H3;2*1H. The number of halogens is 4. The molecule has 6 aliphatic rings. The van der Waals surface area contributed by atoms with Crippen molar-refractivity contribution in [3.63, 3.8) is 0 Å². The second kappa shape index (κ2) is 51.9. The number of alkyl halides is 1. The Hall–Kier alpha value is -13.1. The van der Waals surface area contributed by atoms with Gasteiger partial charge in [-0.1, -0.05) is 40.0 Å². The van der Waals surface area contributed by atoms with Crippen molar-refractivity contribution in [1.29, 1.82) is 0 Å². The molecule has 6 aliphatic heterocycles. The van der Waals surface area contributed by atoms with Gasteiger partial charge in [0.15, 0.2) is 17.3 Å². The monoisotopic (exact) mass is 2080 g/mol. The van der Waals surface area contributed by atoms with Crippen LogP contribution in [0, 0.1) is 18.2 Å². The highest BCUT2D eigenvalue weighted by molar-refractivity contribution is 9.09. The van der Waals surface area contributed by atoms with E-state index >= 15 is 0 Å². The van der Waals surface area contributed by atoms with E-state index in [0.717, 1.165) is 158 Å². The molecule has 5 saturated heterocycles. The number of carbonyl (C=O) groups excluding carboxylic acids is 8. The molecule has 0 aliphatic carbocycles. The quantitative estimate of drug-likeness (QED) is 0.0469. The van der Waals surface area contributed by atoms with E-state index in [1.54, 1.807) is 71.4 Å². The zero-order valence-electron chi connectivity index (χ0n) is 83.5. The number of ether oxygens (including phenoxy) is 4. The number of quaternary nitrogens is 1. The number of pyridine rings is 7. The Balaban J connectivity index is 0.000000189. The molecule has 0 aromatic carbocycles. The van der Waals surface area contributed by atoms with Gasteiger partial charge in [-0.05, 0) is 193 Å². The number of anilines is 3. The summed E-state index contributed by atoms with van der Waals surface area (Å²) < 4.78 is 43.3. The number of terminal acetylenes is 1. The maximum Gasteiger partial charge on any atom is 0.410 e. The number of ketones is 4. The van der Waals surface area contributed by atoms with Crippen molar-refractivity contribution in [2.45, 2.75) is 133 Å². The van der Waals surface area contributed by atoms with Gasteiger partial charge in [-0.2, -0.15) is 0 Å². The third-order valence-electron chi connectivity index (χ3n) is 22.4. The number of allylic oxidation sites excluding steroid dienone is 1. The average molecular weight is 2080 g/mol. The Bertz CT molecular complexity index is 6270. The van der Waals surface area contributed by atoms with E-state index in [4.69, 9.17) is 25.4 Å². The molecule has 1 unspecified atom stereocenters. The highest BCUT2D eigenvalue weighted by Gasteiger charge is 2.32. The van der Waals surface area contributed by atoms with Gasteiger partial charge >= 0.3 is 24.4 Å². The van der Waals surface area contributed by atoms with Gasteiger partial charge in [0, 0.05) is 266 Å². The smallest absolute Gasteiger partial charge is 0.410 e. The molecule has 12 aromatic rings. The van der Waals surface area contributed by atoms with Crippen molar-refractivity contribution in [1.82, 2.24) is 82.1 Å². The molecule has 754 valence electrons. The fourth-order valence-electron chi connectivity index (χ4n) is 15.8. The minimum absolute atomic E-state index is 0. The third kappa shape index (κ3) is 33.0. The van der Waals surface area contributed by atoms with Crippen LogP contribution >= 0.6 is 28.3 Å². The SMILES string of the molecule is C#Cc1cccc2nccn12.CC(=O)CBr.CC(=O)C[NH+]1C=CC(N2CCN(C(=O)OC(C)(C)C)CC2)=CC1.CC(=O)c1cc(-c2cccc3nccn23)c2cc(N3CCN(C(=O)OC(C)(C)C)CC3)ccn12.CC(=O)c1cc(-c2cccc3nccn23)c2cc(N3CCNCC3)ccn12.CC(C)(C)OC(=O)N1CCN(c2ccncc2)CC1.CC(C)(C)OC(=O)N1CCNCC1.Cl.Fc1ccncc1.[Br-]. The molecule has 0 saturated carbocycles. The van der Waals surface area contributed by atoms with E-state index in [-0.39, 0.29) is 88.3 Å². The topological polar surface area (TPSA) is 314 Å². The molecule has 33 nitrogen and oxygen atoms in total. The van der Waals surface area contributed by atoms with Gasteiger partial charge in [0.25, 0.3) is 0 Å². The number of Topliss-reactive ketones (excluding diaryl/α,β-unsaturated/α-hetero) is 4. The molecule has 18 rings (SSSR count). The van der Waals surface area contributed by atoms with E-state index in [0.29, 0.717) is 75.6 Å². The van der Waals surface area contributed by atoms with Gasteiger partial charge in [0.2, 0.25) is 0 Å². The zero-order chi connectivity index (χ0) is 100. The summed E-state index contributed by atoms with van der Waals surface area (Å²) in [7, 11) is 0. The number of carbonyl (C=O) groups is 8. The summed E-state index contributed by atoms with van der Waals surface area (Å²) in [5, 5.41) is 7.06. The third-order valence-corrected chi connectivity index (χ3v) is 23.2. The van der Waals surface area contributed by atoms with Crippen LogP contribution in [-0.2, 0) is 28.5 Å². The lowest BCUT2D eigenvalue weighted by Gasteiger charge is -2.37. The van der Waals surface area contributed by atoms with Crippen molar-refractivity contribution in [2.75, 3.05) is 164 Å². The Kier molecular flexibility index (Phi) is 41.1. The van der Waals surface area contributed by atoms with Crippen LogP contribution in [0.1, 0.15) is 137 Å². The van der Waals surface area contributed by atoms with Crippen molar-refractivity contribution >= 4 is 121 Å². The Morgan fingerprint density at radius 1 is 0.426 bits per heavy atom. The van der Waals surface area contributed by atoms with Gasteiger partial charge in [-0.15, -0.1) is 18.8 Å². The molecule has 1 atom stereocenters. The van der Waals surface area contributed by atoms with Gasteiger partial charge in [0.1, 0.15) is 64.0 Å². The maximum absolute atomic E-state index is 12.4. The first-order valence-electron chi connectivity index (χ1n) is 46.8. The predicted octanol–water partition coefficient (Wildman–Crippen LogP) is 11.7. The average Bonchev–Trinajstić information content (AvgIpc) is 1.61. The molecule has 3 N–H and O–H groups in total. The van der Waals surface area contributed by atoms with E-state index in [2.05, 4.69) is 124 Å².